The van der Waals surface area contributed by atoms with E-state index < -0.39 is 11.0 Å². The molecule has 0 saturated heterocycles. The first-order valence-corrected chi connectivity index (χ1v) is 7.99. The highest BCUT2D eigenvalue weighted by atomic mass is 16.6. The van der Waals surface area contributed by atoms with E-state index >= 15 is 0 Å². The standard InChI is InChI=1S/C19H24O4/c1-5-18(2,3)17(21)22-15-10-8-14(9-11-15)16(20)23-19(4)12-6-7-13-19/h6,8-12H,5,7,13H2,1-4H3. The fourth-order valence-electron chi connectivity index (χ4n) is 2.19. The summed E-state index contributed by atoms with van der Waals surface area (Å²) < 4.78 is 10.9. The van der Waals surface area contributed by atoms with Gasteiger partial charge in [-0.15, -0.1) is 0 Å². The van der Waals surface area contributed by atoms with E-state index in [1.54, 1.807) is 24.3 Å². The minimum Gasteiger partial charge on any atom is -0.452 e. The Bertz CT molecular complexity index is 613. The molecule has 1 aromatic rings. The molecule has 1 aliphatic rings. The molecule has 4 heteroatoms. The molecule has 0 aromatic heterocycles. The maximum Gasteiger partial charge on any atom is 0.338 e. The van der Waals surface area contributed by atoms with Crippen molar-refractivity contribution >= 4 is 11.9 Å². The summed E-state index contributed by atoms with van der Waals surface area (Å²) in [6.45, 7) is 7.53. The van der Waals surface area contributed by atoms with E-state index in [0.717, 1.165) is 12.8 Å². The molecule has 0 N–H and O–H groups in total. The zero-order chi connectivity index (χ0) is 17.1. The Morgan fingerprint density at radius 2 is 1.87 bits per heavy atom. The van der Waals surface area contributed by atoms with E-state index in [9.17, 15) is 9.59 Å². The second kappa shape index (κ2) is 6.57. The maximum absolute atomic E-state index is 12.2. The van der Waals surface area contributed by atoms with Crippen LogP contribution in [0, 0.1) is 5.41 Å². The molecule has 0 aliphatic heterocycles. The molecule has 0 bridgehead atoms. The van der Waals surface area contributed by atoms with Gasteiger partial charge in [0.15, 0.2) is 0 Å². The van der Waals surface area contributed by atoms with Gasteiger partial charge in [0.2, 0.25) is 0 Å². The minimum absolute atomic E-state index is 0.279. The van der Waals surface area contributed by atoms with E-state index in [2.05, 4.69) is 0 Å². The molecule has 0 fully saturated rings. The average molecular weight is 316 g/mol. The maximum atomic E-state index is 12.2. The highest BCUT2D eigenvalue weighted by molar-refractivity contribution is 5.90. The summed E-state index contributed by atoms with van der Waals surface area (Å²) in [6, 6.07) is 6.47. The zero-order valence-corrected chi connectivity index (χ0v) is 14.2. The van der Waals surface area contributed by atoms with Crippen molar-refractivity contribution in [1.29, 1.82) is 0 Å². The van der Waals surface area contributed by atoms with Gasteiger partial charge in [-0.05, 0) is 70.4 Å². The van der Waals surface area contributed by atoms with Crippen molar-refractivity contribution in [3.8, 4) is 5.75 Å². The van der Waals surface area contributed by atoms with Crippen LogP contribution in [0.25, 0.3) is 0 Å². The molecule has 0 radical (unpaired) electrons. The first kappa shape index (κ1) is 17.3. The van der Waals surface area contributed by atoms with Gasteiger partial charge in [0, 0.05) is 0 Å². The van der Waals surface area contributed by atoms with Gasteiger partial charge in [-0.3, -0.25) is 4.79 Å². The van der Waals surface area contributed by atoms with Gasteiger partial charge in [0.25, 0.3) is 0 Å². The Labute approximate surface area is 137 Å². The van der Waals surface area contributed by atoms with E-state index in [-0.39, 0.29) is 11.9 Å². The topological polar surface area (TPSA) is 52.6 Å². The van der Waals surface area contributed by atoms with Gasteiger partial charge in [0.1, 0.15) is 11.4 Å². The normalized spacial score (nSPS) is 20.3. The number of esters is 2. The molecule has 1 aromatic carbocycles. The molecule has 0 spiro atoms. The fourth-order valence-corrected chi connectivity index (χ4v) is 2.19. The van der Waals surface area contributed by atoms with Crippen LogP contribution in [-0.2, 0) is 9.53 Å². The summed E-state index contributed by atoms with van der Waals surface area (Å²) in [5.74, 6) is -0.218. The first-order valence-electron chi connectivity index (χ1n) is 7.99. The van der Waals surface area contributed by atoms with Crippen molar-refractivity contribution in [1.82, 2.24) is 0 Å². The fraction of sp³-hybridized carbons (Fsp3) is 0.474. The van der Waals surface area contributed by atoms with Gasteiger partial charge in [-0.25, -0.2) is 4.79 Å². The summed E-state index contributed by atoms with van der Waals surface area (Å²) >= 11 is 0. The molecular weight excluding hydrogens is 292 g/mol. The Balaban J connectivity index is 2.00. The number of benzene rings is 1. The molecule has 0 heterocycles. The lowest BCUT2D eigenvalue weighted by Gasteiger charge is -2.22. The molecule has 1 aliphatic carbocycles. The van der Waals surface area contributed by atoms with E-state index in [0.29, 0.717) is 17.7 Å². The van der Waals surface area contributed by atoms with Crippen LogP contribution < -0.4 is 4.74 Å². The third-order valence-electron chi connectivity index (χ3n) is 4.34. The van der Waals surface area contributed by atoms with Crippen LogP contribution in [0.5, 0.6) is 5.75 Å². The van der Waals surface area contributed by atoms with Crippen LogP contribution in [0.4, 0.5) is 0 Å². The highest BCUT2D eigenvalue weighted by Gasteiger charge is 2.29. The number of carbonyl (C=O) groups excluding carboxylic acids is 2. The minimum atomic E-state index is -0.527. The SMILES string of the molecule is CCC(C)(C)C(=O)Oc1ccc(C(=O)OC2(C)C=CCC2)cc1. The second-order valence-electron chi connectivity index (χ2n) is 6.79. The Hall–Kier alpha value is -2.10. The summed E-state index contributed by atoms with van der Waals surface area (Å²) in [4.78, 5) is 24.2. The van der Waals surface area contributed by atoms with Gasteiger partial charge in [-0.2, -0.15) is 0 Å². The van der Waals surface area contributed by atoms with E-state index in [1.807, 2.05) is 39.8 Å². The molecule has 4 nitrogen and oxygen atoms in total. The van der Waals surface area contributed by atoms with Crippen molar-refractivity contribution < 1.29 is 19.1 Å². The number of hydrogen-bond donors (Lipinski definition) is 0. The lowest BCUT2D eigenvalue weighted by molar-refractivity contribution is -0.144. The lowest BCUT2D eigenvalue weighted by Crippen LogP contribution is -2.28. The third kappa shape index (κ3) is 4.21. The number of allylic oxidation sites excluding steroid dienone is 1. The smallest absolute Gasteiger partial charge is 0.338 e. The van der Waals surface area contributed by atoms with E-state index in [4.69, 9.17) is 9.47 Å². The Morgan fingerprint density at radius 1 is 1.22 bits per heavy atom. The van der Waals surface area contributed by atoms with Crippen LogP contribution in [0.3, 0.4) is 0 Å². The van der Waals surface area contributed by atoms with Gasteiger partial charge >= 0.3 is 11.9 Å². The molecular formula is C19H24O4. The quantitative estimate of drug-likeness (QED) is 0.462. The molecule has 0 amide bonds. The molecule has 1 atom stereocenters. The largest absolute Gasteiger partial charge is 0.452 e. The first-order chi connectivity index (χ1) is 10.8. The molecule has 2 rings (SSSR count). The zero-order valence-electron chi connectivity index (χ0n) is 14.2. The summed E-state index contributed by atoms with van der Waals surface area (Å²) in [5, 5.41) is 0. The molecule has 1 unspecified atom stereocenters. The number of ether oxygens (including phenoxy) is 2. The van der Waals surface area contributed by atoms with E-state index in [1.165, 1.54) is 0 Å². The predicted molar refractivity (Wildman–Crippen MR) is 88.3 cm³/mol. The summed E-state index contributed by atoms with van der Waals surface area (Å²) in [5.41, 5.74) is -0.602. The Kier molecular flexibility index (Phi) is 4.93. The Morgan fingerprint density at radius 3 is 2.39 bits per heavy atom. The highest BCUT2D eigenvalue weighted by Crippen LogP contribution is 2.28. The van der Waals surface area contributed by atoms with Crippen molar-refractivity contribution in [3.05, 3.63) is 42.0 Å². The van der Waals surface area contributed by atoms with Crippen LogP contribution in [0.2, 0.25) is 0 Å². The number of carbonyl (C=O) groups is 2. The molecule has 0 saturated carbocycles. The average Bonchev–Trinajstić information content (AvgIpc) is 2.94. The van der Waals surface area contributed by atoms with Crippen molar-refractivity contribution in [2.45, 2.75) is 52.6 Å². The van der Waals surface area contributed by atoms with Gasteiger partial charge in [-0.1, -0.05) is 13.0 Å². The van der Waals surface area contributed by atoms with Crippen molar-refractivity contribution in [3.63, 3.8) is 0 Å². The second-order valence-corrected chi connectivity index (χ2v) is 6.79. The van der Waals surface area contributed by atoms with Crippen molar-refractivity contribution in [2.24, 2.45) is 5.41 Å². The van der Waals surface area contributed by atoms with Crippen molar-refractivity contribution in [2.75, 3.05) is 0 Å². The third-order valence-corrected chi connectivity index (χ3v) is 4.34. The number of rotatable bonds is 5. The summed E-state index contributed by atoms with van der Waals surface area (Å²) in [7, 11) is 0. The van der Waals surface area contributed by atoms with Crippen LogP contribution >= 0.6 is 0 Å². The molecule has 124 valence electrons. The monoisotopic (exact) mass is 316 g/mol. The van der Waals surface area contributed by atoms with Gasteiger partial charge < -0.3 is 9.47 Å². The molecule has 23 heavy (non-hydrogen) atoms. The lowest BCUT2D eigenvalue weighted by atomic mass is 9.91. The predicted octanol–water partition coefficient (Wildman–Crippen LogP) is 4.29. The number of hydrogen-bond acceptors (Lipinski definition) is 4. The van der Waals surface area contributed by atoms with Crippen LogP contribution in [0.15, 0.2) is 36.4 Å². The van der Waals surface area contributed by atoms with Crippen LogP contribution in [-0.4, -0.2) is 17.5 Å². The van der Waals surface area contributed by atoms with Gasteiger partial charge in [0.05, 0.1) is 11.0 Å². The summed E-state index contributed by atoms with van der Waals surface area (Å²) in [6.07, 6.45) is 6.37. The van der Waals surface area contributed by atoms with Crippen LogP contribution in [0.1, 0.15) is 57.3 Å².